The summed E-state index contributed by atoms with van der Waals surface area (Å²) in [6.45, 7) is 5.79. The van der Waals surface area contributed by atoms with Gasteiger partial charge in [0.15, 0.2) is 0 Å². The minimum absolute atomic E-state index is 0.573. The number of hydrogen-bond acceptors (Lipinski definition) is 4. The molecule has 0 radical (unpaired) electrons. The minimum Gasteiger partial charge on any atom is -0.354 e. The van der Waals surface area contributed by atoms with Crippen molar-refractivity contribution in [2.24, 2.45) is 5.73 Å². The van der Waals surface area contributed by atoms with Crippen LogP contribution in [0.15, 0.2) is 48.7 Å². The average Bonchev–Trinajstić information content (AvgIpc) is 2.56. The summed E-state index contributed by atoms with van der Waals surface area (Å²) in [6.07, 6.45) is 1.86. The SMILES string of the molecule is NCc1ccnc(N2CCN(Cc3ccccc3)CC2)c1. The third-order valence-corrected chi connectivity index (χ3v) is 3.99. The van der Waals surface area contributed by atoms with Gasteiger partial charge in [0, 0.05) is 45.5 Å². The Hall–Kier alpha value is -1.91. The van der Waals surface area contributed by atoms with Crippen LogP contribution in [-0.4, -0.2) is 36.1 Å². The fourth-order valence-corrected chi connectivity index (χ4v) is 2.74. The number of nitrogens with zero attached hydrogens (tertiary/aromatic N) is 3. The highest BCUT2D eigenvalue weighted by Crippen LogP contribution is 2.16. The Morgan fingerprint density at radius 2 is 1.71 bits per heavy atom. The molecule has 1 aromatic carbocycles. The van der Waals surface area contributed by atoms with E-state index in [1.54, 1.807) is 0 Å². The maximum absolute atomic E-state index is 5.70. The van der Waals surface area contributed by atoms with E-state index in [0.717, 1.165) is 44.1 Å². The van der Waals surface area contributed by atoms with Crippen molar-refractivity contribution in [2.75, 3.05) is 31.1 Å². The van der Waals surface area contributed by atoms with Crippen molar-refractivity contribution >= 4 is 5.82 Å². The Morgan fingerprint density at radius 3 is 2.43 bits per heavy atom. The van der Waals surface area contributed by atoms with E-state index in [9.17, 15) is 0 Å². The van der Waals surface area contributed by atoms with E-state index >= 15 is 0 Å². The second kappa shape index (κ2) is 6.70. The molecule has 0 saturated carbocycles. The summed E-state index contributed by atoms with van der Waals surface area (Å²) >= 11 is 0. The largest absolute Gasteiger partial charge is 0.354 e. The summed E-state index contributed by atoms with van der Waals surface area (Å²) in [4.78, 5) is 9.32. The van der Waals surface area contributed by atoms with Gasteiger partial charge >= 0.3 is 0 Å². The standard InChI is InChI=1S/C17H22N4/c18-13-16-6-7-19-17(12-16)21-10-8-20(9-11-21)14-15-4-2-1-3-5-15/h1-7,12H,8-11,13-14,18H2. The van der Waals surface area contributed by atoms with Crippen molar-refractivity contribution in [3.8, 4) is 0 Å². The quantitative estimate of drug-likeness (QED) is 0.930. The minimum atomic E-state index is 0.573. The van der Waals surface area contributed by atoms with Crippen LogP contribution in [-0.2, 0) is 13.1 Å². The molecule has 1 aliphatic rings. The van der Waals surface area contributed by atoms with Crippen molar-refractivity contribution in [3.63, 3.8) is 0 Å². The summed E-state index contributed by atoms with van der Waals surface area (Å²) in [5.41, 5.74) is 8.23. The van der Waals surface area contributed by atoms with E-state index in [4.69, 9.17) is 5.73 Å². The van der Waals surface area contributed by atoms with Crippen LogP contribution in [0.5, 0.6) is 0 Å². The summed E-state index contributed by atoms with van der Waals surface area (Å²) in [7, 11) is 0. The first kappa shape index (κ1) is 14.0. The molecule has 21 heavy (non-hydrogen) atoms. The molecule has 0 unspecified atom stereocenters. The maximum Gasteiger partial charge on any atom is 0.128 e. The molecule has 110 valence electrons. The van der Waals surface area contributed by atoms with Crippen LogP contribution in [0.2, 0.25) is 0 Å². The van der Waals surface area contributed by atoms with Gasteiger partial charge in [0.05, 0.1) is 0 Å². The monoisotopic (exact) mass is 282 g/mol. The first-order valence-corrected chi connectivity index (χ1v) is 7.51. The number of hydrogen-bond donors (Lipinski definition) is 1. The van der Waals surface area contributed by atoms with Crippen LogP contribution < -0.4 is 10.6 Å². The Morgan fingerprint density at radius 1 is 0.952 bits per heavy atom. The lowest BCUT2D eigenvalue weighted by Gasteiger charge is -2.35. The Labute approximate surface area is 126 Å². The number of nitrogens with two attached hydrogens (primary N) is 1. The zero-order valence-corrected chi connectivity index (χ0v) is 12.3. The van der Waals surface area contributed by atoms with Crippen LogP contribution in [0.25, 0.3) is 0 Å². The third-order valence-electron chi connectivity index (χ3n) is 3.99. The van der Waals surface area contributed by atoms with Gasteiger partial charge in [-0.05, 0) is 23.3 Å². The molecule has 4 heteroatoms. The molecule has 0 bridgehead atoms. The average molecular weight is 282 g/mol. The molecule has 1 aliphatic heterocycles. The van der Waals surface area contributed by atoms with Crippen molar-refractivity contribution in [1.29, 1.82) is 0 Å². The molecular formula is C17H22N4. The second-order valence-corrected chi connectivity index (χ2v) is 5.48. The highest BCUT2D eigenvalue weighted by atomic mass is 15.3. The van der Waals surface area contributed by atoms with Crippen molar-refractivity contribution in [3.05, 3.63) is 59.8 Å². The van der Waals surface area contributed by atoms with E-state index in [2.05, 4.69) is 51.2 Å². The van der Waals surface area contributed by atoms with Crippen LogP contribution >= 0.6 is 0 Å². The summed E-state index contributed by atoms with van der Waals surface area (Å²) in [5, 5.41) is 0. The molecule has 1 fully saturated rings. The molecule has 0 spiro atoms. The molecule has 2 N–H and O–H groups in total. The van der Waals surface area contributed by atoms with Crippen LogP contribution in [0.4, 0.5) is 5.82 Å². The summed E-state index contributed by atoms with van der Waals surface area (Å²) in [5.74, 6) is 1.05. The second-order valence-electron chi connectivity index (χ2n) is 5.48. The third kappa shape index (κ3) is 3.60. The molecule has 1 saturated heterocycles. The molecule has 0 atom stereocenters. The van der Waals surface area contributed by atoms with E-state index in [-0.39, 0.29) is 0 Å². The highest BCUT2D eigenvalue weighted by molar-refractivity contribution is 5.41. The van der Waals surface area contributed by atoms with Gasteiger partial charge in [-0.15, -0.1) is 0 Å². The first-order valence-electron chi connectivity index (χ1n) is 7.51. The lowest BCUT2D eigenvalue weighted by molar-refractivity contribution is 0.249. The molecular weight excluding hydrogens is 260 g/mol. The zero-order valence-electron chi connectivity index (χ0n) is 12.3. The van der Waals surface area contributed by atoms with Crippen LogP contribution in [0, 0.1) is 0 Å². The van der Waals surface area contributed by atoms with Crippen molar-refractivity contribution < 1.29 is 0 Å². The van der Waals surface area contributed by atoms with E-state index in [1.807, 2.05) is 12.3 Å². The Balaban J connectivity index is 1.57. The molecule has 0 amide bonds. The van der Waals surface area contributed by atoms with Gasteiger partial charge in [-0.3, -0.25) is 4.90 Å². The van der Waals surface area contributed by atoms with Crippen LogP contribution in [0.3, 0.4) is 0 Å². The van der Waals surface area contributed by atoms with E-state index in [0.29, 0.717) is 6.54 Å². The lowest BCUT2D eigenvalue weighted by atomic mass is 10.2. The predicted molar refractivity (Wildman–Crippen MR) is 86.1 cm³/mol. The number of piperazine rings is 1. The number of rotatable bonds is 4. The van der Waals surface area contributed by atoms with Gasteiger partial charge in [0.1, 0.15) is 5.82 Å². The van der Waals surface area contributed by atoms with Gasteiger partial charge in [0.2, 0.25) is 0 Å². The zero-order chi connectivity index (χ0) is 14.5. The van der Waals surface area contributed by atoms with Gasteiger partial charge < -0.3 is 10.6 Å². The Kier molecular flexibility index (Phi) is 4.48. The fraction of sp³-hybridized carbons (Fsp3) is 0.353. The Bertz CT molecular complexity index is 562. The molecule has 3 rings (SSSR count). The molecule has 4 nitrogen and oxygen atoms in total. The summed E-state index contributed by atoms with van der Waals surface area (Å²) < 4.78 is 0. The molecule has 0 aliphatic carbocycles. The smallest absolute Gasteiger partial charge is 0.128 e. The first-order chi connectivity index (χ1) is 10.3. The number of anilines is 1. The van der Waals surface area contributed by atoms with Gasteiger partial charge in [-0.25, -0.2) is 4.98 Å². The number of pyridine rings is 1. The highest BCUT2D eigenvalue weighted by Gasteiger charge is 2.18. The van der Waals surface area contributed by atoms with Crippen molar-refractivity contribution in [2.45, 2.75) is 13.1 Å². The number of aromatic nitrogens is 1. The molecule has 1 aromatic heterocycles. The summed E-state index contributed by atoms with van der Waals surface area (Å²) in [6, 6.07) is 14.7. The maximum atomic E-state index is 5.70. The molecule has 2 heterocycles. The predicted octanol–water partition coefficient (Wildman–Crippen LogP) is 1.86. The van der Waals surface area contributed by atoms with E-state index in [1.165, 1.54) is 5.56 Å². The normalized spacial score (nSPS) is 16.1. The van der Waals surface area contributed by atoms with Gasteiger partial charge in [-0.1, -0.05) is 30.3 Å². The van der Waals surface area contributed by atoms with Crippen molar-refractivity contribution in [1.82, 2.24) is 9.88 Å². The topological polar surface area (TPSA) is 45.4 Å². The fourth-order valence-electron chi connectivity index (χ4n) is 2.74. The van der Waals surface area contributed by atoms with E-state index < -0.39 is 0 Å². The van der Waals surface area contributed by atoms with Gasteiger partial charge in [0.25, 0.3) is 0 Å². The molecule has 2 aromatic rings. The van der Waals surface area contributed by atoms with Gasteiger partial charge in [-0.2, -0.15) is 0 Å². The lowest BCUT2D eigenvalue weighted by Crippen LogP contribution is -2.46. The van der Waals surface area contributed by atoms with Crippen LogP contribution in [0.1, 0.15) is 11.1 Å². The number of benzene rings is 1.